The van der Waals surface area contributed by atoms with Gasteiger partial charge in [0.15, 0.2) is 0 Å². The smallest absolute Gasteiger partial charge is 0.254 e. The second-order valence-electron chi connectivity index (χ2n) is 5.88. The summed E-state index contributed by atoms with van der Waals surface area (Å²) >= 11 is 0. The lowest BCUT2D eigenvalue weighted by molar-refractivity contribution is 0.0583. The second-order valence-corrected chi connectivity index (χ2v) is 5.88. The molecule has 98 valence electrons. The molecule has 1 aliphatic heterocycles. The average molecular weight is 247 g/mol. The normalized spacial score (nSPS) is 18.7. The lowest BCUT2D eigenvalue weighted by Crippen LogP contribution is -2.43. The monoisotopic (exact) mass is 247 g/mol. The van der Waals surface area contributed by atoms with Crippen molar-refractivity contribution in [3.63, 3.8) is 0 Å². The lowest BCUT2D eigenvalue weighted by Gasteiger charge is -2.38. The van der Waals surface area contributed by atoms with Crippen LogP contribution in [0.25, 0.3) is 0 Å². The van der Waals surface area contributed by atoms with Crippen molar-refractivity contribution in [2.75, 3.05) is 24.6 Å². The van der Waals surface area contributed by atoms with Crippen LogP contribution in [-0.4, -0.2) is 23.9 Å². The van der Waals surface area contributed by atoms with E-state index in [0.29, 0.717) is 16.9 Å². The Morgan fingerprint density at radius 3 is 2.39 bits per heavy atom. The number of hydrogen-bond donors (Lipinski definition) is 2. The van der Waals surface area contributed by atoms with Gasteiger partial charge in [-0.25, -0.2) is 0 Å². The van der Waals surface area contributed by atoms with Crippen molar-refractivity contribution < 1.29 is 4.79 Å². The van der Waals surface area contributed by atoms with Crippen LogP contribution < -0.4 is 11.5 Å². The van der Waals surface area contributed by atoms with Crippen LogP contribution in [-0.2, 0) is 0 Å². The van der Waals surface area contributed by atoms with Crippen molar-refractivity contribution in [1.82, 2.24) is 4.90 Å². The molecule has 0 unspecified atom stereocenters. The number of benzene rings is 1. The van der Waals surface area contributed by atoms with Crippen LogP contribution in [0.5, 0.6) is 0 Å². The van der Waals surface area contributed by atoms with Gasteiger partial charge in [-0.15, -0.1) is 0 Å². The summed E-state index contributed by atoms with van der Waals surface area (Å²) in [5.41, 5.74) is 13.3. The van der Waals surface area contributed by atoms with E-state index < -0.39 is 0 Å². The number of nitrogen functional groups attached to an aromatic ring is 2. The molecule has 0 aliphatic carbocycles. The summed E-state index contributed by atoms with van der Waals surface area (Å²) in [6.07, 6.45) is 2.21. The highest BCUT2D eigenvalue weighted by atomic mass is 16.2. The minimum absolute atomic E-state index is 0.0294. The van der Waals surface area contributed by atoms with E-state index in [9.17, 15) is 4.79 Å². The van der Waals surface area contributed by atoms with Crippen molar-refractivity contribution in [3.8, 4) is 0 Å². The van der Waals surface area contributed by atoms with Gasteiger partial charge in [0.1, 0.15) is 0 Å². The summed E-state index contributed by atoms with van der Waals surface area (Å²) in [7, 11) is 0. The molecule has 1 saturated heterocycles. The molecule has 4 N–H and O–H groups in total. The molecule has 1 amide bonds. The quantitative estimate of drug-likeness (QED) is 0.746. The first kappa shape index (κ1) is 12.7. The first-order valence-corrected chi connectivity index (χ1v) is 6.33. The van der Waals surface area contributed by atoms with Crippen molar-refractivity contribution in [2.45, 2.75) is 26.7 Å². The first-order valence-electron chi connectivity index (χ1n) is 6.33. The van der Waals surface area contributed by atoms with Crippen LogP contribution in [0.4, 0.5) is 11.4 Å². The fourth-order valence-corrected chi connectivity index (χ4v) is 2.58. The highest BCUT2D eigenvalue weighted by Crippen LogP contribution is 2.29. The number of hydrogen-bond acceptors (Lipinski definition) is 3. The van der Waals surface area contributed by atoms with E-state index in [4.69, 9.17) is 11.5 Å². The number of likely N-dealkylation sites (tertiary alicyclic amines) is 1. The van der Waals surface area contributed by atoms with Crippen LogP contribution in [0.3, 0.4) is 0 Å². The molecule has 0 aromatic heterocycles. The molecule has 1 aromatic carbocycles. The zero-order valence-electron chi connectivity index (χ0n) is 11.1. The molecule has 0 bridgehead atoms. The molecule has 2 rings (SSSR count). The molecule has 0 atom stereocenters. The summed E-state index contributed by atoms with van der Waals surface area (Å²) in [5, 5.41) is 0. The van der Waals surface area contributed by atoms with E-state index in [1.807, 2.05) is 4.90 Å². The molecular formula is C14H21N3O. The number of anilines is 2. The number of carbonyl (C=O) groups excluding carboxylic acids is 1. The van der Waals surface area contributed by atoms with Gasteiger partial charge in [-0.2, -0.15) is 0 Å². The lowest BCUT2D eigenvalue weighted by atomic mass is 9.84. The number of carbonyl (C=O) groups is 1. The zero-order chi connectivity index (χ0) is 13.3. The Hall–Kier alpha value is -1.71. The number of rotatable bonds is 1. The largest absolute Gasteiger partial charge is 0.399 e. The van der Waals surface area contributed by atoms with Crippen molar-refractivity contribution >= 4 is 17.3 Å². The maximum atomic E-state index is 12.4. The number of amides is 1. The van der Waals surface area contributed by atoms with Crippen molar-refractivity contribution in [1.29, 1.82) is 0 Å². The molecular weight excluding hydrogens is 226 g/mol. The van der Waals surface area contributed by atoms with E-state index >= 15 is 0 Å². The predicted molar refractivity (Wildman–Crippen MR) is 74.2 cm³/mol. The molecule has 0 spiro atoms. The van der Waals surface area contributed by atoms with E-state index in [0.717, 1.165) is 25.9 Å². The molecule has 4 nitrogen and oxygen atoms in total. The fraction of sp³-hybridized carbons (Fsp3) is 0.500. The van der Waals surface area contributed by atoms with Gasteiger partial charge in [-0.1, -0.05) is 13.8 Å². The molecule has 4 heteroatoms. The number of nitrogens with zero attached hydrogens (tertiary/aromatic N) is 1. The summed E-state index contributed by atoms with van der Waals surface area (Å²) in [4.78, 5) is 14.3. The van der Waals surface area contributed by atoms with E-state index in [1.54, 1.807) is 18.2 Å². The first-order chi connectivity index (χ1) is 8.37. The van der Waals surface area contributed by atoms with Crippen LogP contribution in [0.15, 0.2) is 18.2 Å². The Kier molecular flexibility index (Phi) is 3.20. The Morgan fingerprint density at radius 1 is 1.22 bits per heavy atom. The standard InChI is InChI=1S/C14H21N3O/c1-14(2)4-3-5-17(9-14)13(18)10-6-11(15)8-12(16)7-10/h6-8H,3-5,9,15-16H2,1-2H3. The third-order valence-corrected chi connectivity index (χ3v) is 3.41. The summed E-state index contributed by atoms with van der Waals surface area (Å²) in [5.74, 6) is 0.0294. The van der Waals surface area contributed by atoms with Gasteiger partial charge in [0.05, 0.1) is 0 Å². The van der Waals surface area contributed by atoms with Crippen molar-refractivity contribution in [3.05, 3.63) is 23.8 Å². The van der Waals surface area contributed by atoms with Gasteiger partial charge in [0, 0.05) is 30.0 Å². The molecule has 1 aliphatic rings. The molecule has 18 heavy (non-hydrogen) atoms. The Bertz CT molecular complexity index is 448. The van der Waals surface area contributed by atoms with Crippen LogP contribution in [0.1, 0.15) is 37.0 Å². The zero-order valence-corrected chi connectivity index (χ0v) is 11.1. The van der Waals surface area contributed by atoms with Crippen LogP contribution in [0.2, 0.25) is 0 Å². The van der Waals surface area contributed by atoms with Gasteiger partial charge in [-0.3, -0.25) is 4.79 Å². The van der Waals surface area contributed by atoms with Crippen LogP contribution in [0, 0.1) is 5.41 Å². The third-order valence-electron chi connectivity index (χ3n) is 3.41. The summed E-state index contributed by atoms with van der Waals surface area (Å²) < 4.78 is 0. The Labute approximate surface area is 108 Å². The maximum Gasteiger partial charge on any atom is 0.254 e. The molecule has 0 radical (unpaired) electrons. The van der Waals surface area contributed by atoms with E-state index in [-0.39, 0.29) is 11.3 Å². The number of piperidine rings is 1. The van der Waals surface area contributed by atoms with Gasteiger partial charge >= 0.3 is 0 Å². The summed E-state index contributed by atoms with van der Waals surface area (Å²) in [6, 6.07) is 5.05. The molecule has 1 heterocycles. The second kappa shape index (κ2) is 4.52. The Morgan fingerprint density at radius 2 is 1.83 bits per heavy atom. The predicted octanol–water partition coefficient (Wildman–Crippen LogP) is 2.11. The van der Waals surface area contributed by atoms with Crippen LogP contribution >= 0.6 is 0 Å². The van der Waals surface area contributed by atoms with E-state index in [2.05, 4.69) is 13.8 Å². The molecule has 1 fully saturated rings. The van der Waals surface area contributed by atoms with Gasteiger partial charge in [-0.05, 0) is 36.5 Å². The highest BCUT2D eigenvalue weighted by Gasteiger charge is 2.29. The maximum absolute atomic E-state index is 12.4. The highest BCUT2D eigenvalue weighted by molar-refractivity contribution is 5.96. The SMILES string of the molecule is CC1(C)CCCN(C(=O)c2cc(N)cc(N)c2)C1. The van der Waals surface area contributed by atoms with Gasteiger partial charge in [0.2, 0.25) is 0 Å². The molecule has 0 saturated carbocycles. The summed E-state index contributed by atoms with van der Waals surface area (Å²) in [6.45, 7) is 6.00. The number of nitrogens with two attached hydrogens (primary N) is 2. The Balaban J connectivity index is 2.20. The van der Waals surface area contributed by atoms with Crippen molar-refractivity contribution in [2.24, 2.45) is 5.41 Å². The third kappa shape index (κ3) is 2.75. The topological polar surface area (TPSA) is 72.3 Å². The average Bonchev–Trinajstić information content (AvgIpc) is 2.25. The van der Waals surface area contributed by atoms with Gasteiger partial charge in [0.25, 0.3) is 5.91 Å². The van der Waals surface area contributed by atoms with E-state index in [1.165, 1.54) is 0 Å². The molecule has 1 aromatic rings. The minimum atomic E-state index is 0.0294. The minimum Gasteiger partial charge on any atom is -0.399 e. The van der Waals surface area contributed by atoms with Gasteiger partial charge < -0.3 is 16.4 Å². The fourth-order valence-electron chi connectivity index (χ4n) is 2.58.